The van der Waals surface area contributed by atoms with E-state index in [2.05, 4.69) is 0 Å². The second kappa shape index (κ2) is 11.3. The van der Waals surface area contributed by atoms with Gasteiger partial charge in [0.1, 0.15) is 0 Å². The summed E-state index contributed by atoms with van der Waals surface area (Å²) in [6, 6.07) is 23.7. The molecule has 50 heavy (non-hydrogen) atoms. The van der Waals surface area contributed by atoms with Gasteiger partial charge in [0.25, 0.3) is 0 Å². The number of benzene rings is 8. The van der Waals surface area contributed by atoms with Gasteiger partial charge in [0.15, 0.2) is 0 Å². The number of hydrogen-bond donors (Lipinski definition) is 0. The molecule has 0 radical (unpaired) electrons. The van der Waals surface area contributed by atoms with Crippen LogP contribution >= 0.6 is 0 Å². The van der Waals surface area contributed by atoms with Crippen molar-refractivity contribution in [2.45, 2.75) is 5.41 Å². The van der Waals surface area contributed by atoms with E-state index in [-0.39, 0.29) is 50.2 Å². The fourth-order valence-electron chi connectivity index (χ4n) is 7.46. The minimum Gasteiger partial charge on any atom is -0.310 e. The zero-order valence-corrected chi connectivity index (χ0v) is 26.3. The summed E-state index contributed by atoms with van der Waals surface area (Å²) >= 11 is 0. The molecule has 1 spiro atoms. The van der Waals surface area contributed by atoms with Crippen LogP contribution < -0.4 is 4.90 Å². The molecule has 0 heterocycles. The Labute approximate surface area is 314 Å². The van der Waals surface area contributed by atoms with Gasteiger partial charge >= 0.3 is 0 Å². The maximum Gasteiger partial charge on any atom is 0.0726 e. The topological polar surface area (TPSA) is 3.24 Å². The van der Waals surface area contributed by atoms with Crippen LogP contribution in [0.1, 0.15) is 42.8 Å². The lowest BCUT2D eigenvalue weighted by molar-refractivity contribution is 0.794. The third kappa shape index (κ3) is 4.14. The fourth-order valence-corrected chi connectivity index (χ4v) is 7.46. The van der Waals surface area contributed by atoms with Crippen molar-refractivity contribution in [2.24, 2.45) is 0 Å². The van der Waals surface area contributed by atoms with E-state index < -0.39 is 96.1 Å². The highest BCUT2D eigenvalue weighted by Crippen LogP contribution is 2.64. The largest absolute Gasteiger partial charge is 0.310 e. The lowest BCUT2D eigenvalue weighted by atomic mass is 9.70. The van der Waals surface area contributed by atoms with Gasteiger partial charge in [-0.2, -0.15) is 0 Å². The Bertz CT molecular complexity index is 3200. The average molecular weight is 651 g/mol. The van der Waals surface area contributed by atoms with Crippen molar-refractivity contribution < 1.29 is 20.6 Å². The van der Waals surface area contributed by atoms with Crippen LogP contribution in [0.25, 0.3) is 44.5 Å². The highest BCUT2D eigenvalue weighted by Gasteiger charge is 2.52. The molecule has 2 aliphatic rings. The molecular formula is C49H33N. The van der Waals surface area contributed by atoms with Gasteiger partial charge < -0.3 is 4.90 Å². The van der Waals surface area contributed by atoms with Gasteiger partial charge in [-0.1, -0.05) is 170 Å². The van der Waals surface area contributed by atoms with Crippen LogP contribution in [0, 0.1) is 0 Å². The standard InChI is InChI=1S/C49H33N/c1-3-14-34(15-4-1)36-26-30-38(31-27-36)50(39-32-28-37(29-33-39)35-16-5-2-6-17-35)47-25-13-24-46-48(47)42-20-9-12-23-45(42)49(46)43-21-10-7-18-40(43)41-19-8-11-22-44(41)49/h1-33H/i7D,8D,9D,10D,11D,12D,13D,18D,19D,20D,21D,22D,23D,24D,25D. The summed E-state index contributed by atoms with van der Waals surface area (Å²) < 4.78 is 139. The summed E-state index contributed by atoms with van der Waals surface area (Å²) in [4.78, 5) is 1.66. The smallest absolute Gasteiger partial charge is 0.0726 e. The van der Waals surface area contributed by atoms with Crippen LogP contribution in [0.15, 0.2) is 200 Å². The van der Waals surface area contributed by atoms with E-state index in [4.69, 9.17) is 8.22 Å². The van der Waals surface area contributed by atoms with E-state index in [1.807, 2.05) is 84.9 Å². The minimum atomic E-state index is -2.45. The molecule has 0 saturated heterocycles. The van der Waals surface area contributed by atoms with Gasteiger partial charge in [-0.25, -0.2) is 0 Å². The Balaban J connectivity index is 1.41. The second-order valence-corrected chi connectivity index (χ2v) is 12.1. The molecule has 0 amide bonds. The van der Waals surface area contributed by atoms with Crippen molar-refractivity contribution in [3.63, 3.8) is 0 Å². The van der Waals surface area contributed by atoms with Crippen LogP contribution in [-0.2, 0) is 5.41 Å². The van der Waals surface area contributed by atoms with Gasteiger partial charge in [-0.15, -0.1) is 0 Å². The average Bonchev–Trinajstić information content (AvgIpc) is 3.82. The normalized spacial score (nSPS) is 17.2. The maximum atomic E-state index is 9.82. The van der Waals surface area contributed by atoms with Gasteiger partial charge in [0.2, 0.25) is 0 Å². The fraction of sp³-hybridized carbons (Fsp3) is 0.0204. The Morgan fingerprint density at radius 1 is 0.360 bits per heavy atom. The van der Waals surface area contributed by atoms with E-state index in [1.54, 1.807) is 29.2 Å². The van der Waals surface area contributed by atoms with Crippen LogP contribution in [0.5, 0.6) is 0 Å². The SMILES string of the molecule is [2H]c1c([2H])c([2H])c2c(c1[2H])-c1c([2H])c([2H])c([2H])c([2H])c1C21c2c([2H])c([2H])c([2H])c([2H])c2-c2c(N(c3ccc(-c4ccccc4)cc3)c3ccc(-c4ccccc4)cc3)c([2H])c([2H])c([2H])c21. The van der Waals surface area contributed by atoms with Crippen LogP contribution in [-0.4, -0.2) is 0 Å². The Morgan fingerprint density at radius 3 is 1.26 bits per heavy atom. The molecule has 0 saturated carbocycles. The predicted molar refractivity (Wildman–Crippen MR) is 208 cm³/mol. The summed E-state index contributed by atoms with van der Waals surface area (Å²) in [7, 11) is 0. The molecule has 0 fully saturated rings. The van der Waals surface area contributed by atoms with E-state index in [0.29, 0.717) is 11.4 Å². The van der Waals surface area contributed by atoms with Crippen molar-refractivity contribution in [1.29, 1.82) is 0 Å². The first-order valence-electron chi connectivity index (χ1n) is 23.6. The Morgan fingerprint density at radius 2 is 0.760 bits per heavy atom. The van der Waals surface area contributed by atoms with Crippen LogP contribution in [0.2, 0.25) is 0 Å². The highest BCUT2D eigenvalue weighted by molar-refractivity contribution is 6.01. The van der Waals surface area contributed by atoms with Crippen LogP contribution in [0.4, 0.5) is 17.1 Å². The van der Waals surface area contributed by atoms with E-state index in [1.165, 1.54) is 0 Å². The first-order valence-corrected chi connectivity index (χ1v) is 16.1. The molecule has 8 aromatic rings. The van der Waals surface area contributed by atoms with Crippen molar-refractivity contribution in [3.8, 4) is 44.5 Å². The van der Waals surface area contributed by atoms with Gasteiger partial charge in [-0.05, 0) is 91.5 Å². The Kier molecular flexibility index (Phi) is 3.92. The minimum absolute atomic E-state index is 0.0965. The van der Waals surface area contributed by atoms with Gasteiger partial charge in [-0.3, -0.25) is 0 Å². The number of fused-ring (bicyclic) bond motifs is 10. The molecule has 0 unspecified atom stereocenters. The molecular weight excluding hydrogens is 603 g/mol. The van der Waals surface area contributed by atoms with E-state index >= 15 is 0 Å². The predicted octanol–water partition coefficient (Wildman–Crippen LogP) is 12.8. The summed E-state index contributed by atoms with van der Waals surface area (Å²) in [6.45, 7) is 0. The lowest BCUT2D eigenvalue weighted by Crippen LogP contribution is -2.26. The zero-order chi connectivity index (χ0) is 46.1. The summed E-state index contributed by atoms with van der Waals surface area (Å²) in [5, 5.41) is 0. The quantitative estimate of drug-likeness (QED) is 0.179. The molecule has 2 aliphatic carbocycles. The first-order chi connectivity index (χ1) is 31.0. The summed E-state index contributed by atoms with van der Waals surface area (Å²) in [5.74, 6) is 0. The van der Waals surface area contributed by atoms with Crippen molar-refractivity contribution >= 4 is 17.1 Å². The van der Waals surface area contributed by atoms with Gasteiger partial charge in [0, 0.05) is 16.9 Å². The molecule has 234 valence electrons. The maximum absolute atomic E-state index is 9.82. The van der Waals surface area contributed by atoms with Crippen molar-refractivity contribution in [3.05, 3.63) is 222 Å². The second-order valence-electron chi connectivity index (χ2n) is 12.1. The van der Waals surface area contributed by atoms with Crippen molar-refractivity contribution in [2.75, 3.05) is 4.90 Å². The first kappa shape index (κ1) is 17.3. The number of rotatable bonds is 5. The molecule has 0 N–H and O–H groups in total. The molecule has 8 aromatic carbocycles. The Hall–Kier alpha value is -6.44. The lowest BCUT2D eigenvalue weighted by Gasteiger charge is -2.32. The number of anilines is 3. The summed E-state index contributed by atoms with van der Waals surface area (Å²) in [6.07, 6.45) is 0. The number of nitrogens with zero attached hydrogens (tertiary/aromatic N) is 1. The van der Waals surface area contributed by atoms with Gasteiger partial charge in [0.05, 0.1) is 31.7 Å². The third-order valence-electron chi connectivity index (χ3n) is 9.61. The monoisotopic (exact) mass is 650 g/mol. The van der Waals surface area contributed by atoms with Crippen LogP contribution in [0.3, 0.4) is 0 Å². The molecule has 0 aromatic heterocycles. The van der Waals surface area contributed by atoms with E-state index in [9.17, 15) is 12.3 Å². The molecule has 0 aliphatic heterocycles. The molecule has 10 rings (SSSR count). The molecule has 0 atom stereocenters. The third-order valence-corrected chi connectivity index (χ3v) is 9.61. The zero-order valence-electron chi connectivity index (χ0n) is 41.3. The molecule has 1 heteroatoms. The number of hydrogen-bond acceptors (Lipinski definition) is 1. The molecule has 1 nitrogen and oxygen atoms in total. The molecule has 0 bridgehead atoms. The van der Waals surface area contributed by atoms with Crippen molar-refractivity contribution in [1.82, 2.24) is 0 Å². The highest BCUT2D eigenvalue weighted by atomic mass is 15.1. The van der Waals surface area contributed by atoms with E-state index in [0.717, 1.165) is 22.3 Å². The summed E-state index contributed by atoms with van der Waals surface area (Å²) in [5.41, 5.74) is -0.416.